The van der Waals surface area contributed by atoms with Gasteiger partial charge in [0.25, 0.3) is 0 Å². The Labute approximate surface area is 296 Å². The highest BCUT2D eigenvalue weighted by Crippen LogP contribution is 2.42. The number of aromatic nitrogens is 4. The molecule has 0 spiro atoms. The normalized spacial score (nSPS) is 12.2. The molecule has 0 saturated carbocycles. The molecule has 0 aliphatic heterocycles. The molecule has 52 heavy (non-hydrogen) atoms. The van der Waals surface area contributed by atoms with Crippen LogP contribution < -0.4 is 0 Å². The fraction of sp³-hybridized carbons (Fsp3) is 0. The van der Waals surface area contributed by atoms with Gasteiger partial charge in [0.1, 0.15) is 5.58 Å². The molecule has 7 aromatic carbocycles. The van der Waals surface area contributed by atoms with Crippen LogP contribution in [0.1, 0.15) is 0 Å². The zero-order valence-electron chi connectivity index (χ0n) is 27.9. The highest BCUT2D eigenvalue weighted by atomic mass is 16.3. The van der Waals surface area contributed by atoms with E-state index in [0.717, 1.165) is 61.1 Å². The maximum Gasteiger partial charge on any atom is 0.159 e. The lowest BCUT2D eigenvalue weighted by Crippen LogP contribution is -1.96. The molecule has 5 heterocycles. The van der Waals surface area contributed by atoms with E-state index in [1.54, 1.807) is 0 Å². The van der Waals surface area contributed by atoms with E-state index < -0.39 is 0 Å². The third kappa shape index (κ3) is 3.64. The molecule has 0 radical (unpaired) electrons. The smallest absolute Gasteiger partial charge is 0.159 e. The summed E-state index contributed by atoms with van der Waals surface area (Å²) in [6.45, 7) is 0. The third-order valence-electron chi connectivity index (χ3n) is 10.9. The van der Waals surface area contributed by atoms with Crippen molar-refractivity contribution in [2.75, 3.05) is 0 Å². The maximum absolute atomic E-state index is 6.59. The number of furan rings is 1. The first kappa shape index (κ1) is 27.7. The van der Waals surface area contributed by atoms with Gasteiger partial charge in [-0.2, -0.15) is 0 Å². The second-order valence-corrected chi connectivity index (χ2v) is 13.6. The number of fused-ring (bicyclic) bond motifs is 12. The summed E-state index contributed by atoms with van der Waals surface area (Å²) in [6.07, 6.45) is 3.86. The first-order chi connectivity index (χ1) is 25.8. The van der Waals surface area contributed by atoms with E-state index in [4.69, 9.17) is 4.42 Å². The Morgan fingerprint density at radius 2 is 0.962 bits per heavy atom. The summed E-state index contributed by atoms with van der Waals surface area (Å²) in [6, 6.07) is 56.6. The van der Waals surface area contributed by atoms with E-state index in [1.165, 1.54) is 43.4 Å². The van der Waals surface area contributed by atoms with Gasteiger partial charge in [-0.25, -0.2) is 0 Å². The predicted octanol–water partition coefficient (Wildman–Crippen LogP) is 12.3. The Kier molecular flexibility index (Phi) is 5.44. The van der Waals surface area contributed by atoms with E-state index in [0.29, 0.717) is 0 Å². The summed E-state index contributed by atoms with van der Waals surface area (Å²) >= 11 is 0. The average Bonchev–Trinajstić information content (AvgIpc) is 3.93. The van der Waals surface area contributed by atoms with Crippen LogP contribution in [0.4, 0.5) is 0 Å². The zero-order chi connectivity index (χ0) is 33.9. The highest BCUT2D eigenvalue weighted by molar-refractivity contribution is 6.20. The van der Waals surface area contributed by atoms with Crippen LogP contribution in [0.15, 0.2) is 175 Å². The van der Waals surface area contributed by atoms with Gasteiger partial charge < -0.3 is 18.1 Å². The fourth-order valence-electron chi connectivity index (χ4n) is 8.73. The highest BCUT2D eigenvalue weighted by Gasteiger charge is 2.21. The molecule has 0 amide bonds. The Bertz CT molecular complexity index is 3410. The number of para-hydroxylation sites is 5. The lowest BCUT2D eigenvalue weighted by atomic mass is 10.1. The van der Waals surface area contributed by atoms with Crippen molar-refractivity contribution >= 4 is 87.4 Å². The molecule has 0 unspecified atom stereocenters. The summed E-state index contributed by atoms with van der Waals surface area (Å²) in [7, 11) is 0. The first-order valence-corrected chi connectivity index (χ1v) is 17.6. The van der Waals surface area contributed by atoms with Crippen molar-refractivity contribution in [3.05, 3.63) is 170 Å². The summed E-state index contributed by atoms with van der Waals surface area (Å²) in [5, 5.41) is 9.46. The van der Waals surface area contributed by atoms with Gasteiger partial charge in [-0.1, -0.05) is 84.9 Å². The van der Waals surface area contributed by atoms with E-state index in [-0.39, 0.29) is 0 Å². The van der Waals surface area contributed by atoms with Crippen LogP contribution in [-0.4, -0.2) is 18.7 Å². The third-order valence-corrected chi connectivity index (χ3v) is 10.9. The summed E-state index contributed by atoms with van der Waals surface area (Å²) in [5.74, 6) is 0. The SMILES string of the molecule is c1ccc(-n2c3ccc(-n4c5ccccc5c5cc6c(cc54)c4ccccc4n6-c4cccc5c4oc4ccccc45)cc3c3ccncc32)cc1. The zero-order valence-corrected chi connectivity index (χ0v) is 27.9. The number of pyridine rings is 1. The van der Waals surface area contributed by atoms with Crippen LogP contribution in [0.2, 0.25) is 0 Å². The minimum absolute atomic E-state index is 0.895. The van der Waals surface area contributed by atoms with Gasteiger partial charge in [-0.3, -0.25) is 4.98 Å². The minimum atomic E-state index is 0.895. The van der Waals surface area contributed by atoms with E-state index in [2.05, 4.69) is 170 Å². The van der Waals surface area contributed by atoms with Crippen LogP contribution in [0, 0.1) is 0 Å². The lowest BCUT2D eigenvalue weighted by molar-refractivity contribution is 0.666. The summed E-state index contributed by atoms with van der Waals surface area (Å²) < 4.78 is 13.7. The number of hydrogen-bond acceptors (Lipinski definition) is 2. The van der Waals surface area contributed by atoms with Gasteiger partial charge in [0.05, 0.1) is 45.0 Å². The molecule has 0 saturated heterocycles. The van der Waals surface area contributed by atoms with Crippen LogP contribution in [0.5, 0.6) is 0 Å². The summed E-state index contributed by atoms with van der Waals surface area (Å²) in [5.41, 5.74) is 12.0. The van der Waals surface area contributed by atoms with Gasteiger partial charge in [-0.15, -0.1) is 0 Å². The quantitative estimate of drug-likeness (QED) is 0.189. The largest absolute Gasteiger partial charge is 0.454 e. The molecule has 0 N–H and O–H groups in total. The van der Waals surface area contributed by atoms with E-state index in [1.807, 2.05) is 18.5 Å². The second kappa shape index (κ2) is 10.2. The van der Waals surface area contributed by atoms with Gasteiger partial charge in [0.2, 0.25) is 0 Å². The Balaban J connectivity index is 1.17. The number of hydrogen-bond donors (Lipinski definition) is 0. The average molecular weight is 665 g/mol. The summed E-state index contributed by atoms with van der Waals surface area (Å²) in [4.78, 5) is 4.52. The fourth-order valence-corrected chi connectivity index (χ4v) is 8.73. The first-order valence-electron chi connectivity index (χ1n) is 17.6. The van der Waals surface area contributed by atoms with Crippen LogP contribution in [-0.2, 0) is 0 Å². The topological polar surface area (TPSA) is 40.8 Å². The van der Waals surface area contributed by atoms with Crippen LogP contribution in [0.25, 0.3) is 104 Å². The molecule has 5 nitrogen and oxygen atoms in total. The van der Waals surface area contributed by atoms with Crippen molar-refractivity contribution in [3.8, 4) is 17.1 Å². The molecule has 5 heteroatoms. The van der Waals surface area contributed by atoms with E-state index >= 15 is 0 Å². The van der Waals surface area contributed by atoms with E-state index in [9.17, 15) is 0 Å². The van der Waals surface area contributed by atoms with Crippen molar-refractivity contribution in [2.24, 2.45) is 0 Å². The van der Waals surface area contributed by atoms with Crippen LogP contribution >= 0.6 is 0 Å². The molecule has 12 aromatic rings. The number of nitrogens with zero attached hydrogens (tertiary/aromatic N) is 4. The van der Waals surface area contributed by atoms with Crippen LogP contribution in [0.3, 0.4) is 0 Å². The second-order valence-electron chi connectivity index (χ2n) is 13.6. The Morgan fingerprint density at radius 3 is 1.77 bits per heavy atom. The molecule has 5 aromatic heterocycles. The molecular formula is C47H28N4O. The monoisotopic (exact) mass is 664 g/mol. The van der Waals surface area contributed by atoms with Crippen molar-refractivity contribution < 1.29 is 4.42 Å². The molecule has 12 rings (SSSR count). The Morgan fingerprint density at radius 1 is 0.365 bits per heavy atom. The molecular weight excluding hydrogens is 637 g/mol. The van der Waals surface area contributed by atoms with Gasteiger partial charge in [0, 0.05) is 60.7 Å². The number of benzene rings is 7. The van der Waals surface area contributed by atoms with Gasteiger partial charge >= 0.3 is 0 Å². The molecule has 0 aliphatic rings. The van der Waals surface area contributed by atoms with Gasteiger partial charge in [-0.05, 0) is 72.8 Å². The minimum Gasteiger partial charge on any atom is -0.454 e. The lowest BCUT2D eigenvalue weighted by Gasteiger charge is -2.11. The molecule has 0 fully saturated rings. The number of rotatable bonds is 3. The molecule has 0 atom stereocenters. The molecule has 0 aliphatic carbocycles. The van der Waals surface area contributed by atoms with Crippen molar-refractivity contribution in [3.63, 3.8) is 0 Å². The molecule has 242 valence electrons. The van der Waals surface area contributed by atoms with Crippen molar-refractivity contribution in [2.45, 2.75) is 0 Å². The van der Waals surface area contributed by atoms with Crippen molar-refractivity contribution in [1.29, 1.82) is 0 Å². The maximum atomic E-state index is 6.59. The van der Waals surface area contributed by atoms with Crippen molar-refractivity contribution in [1.82, 2.24) is 18.7 Å². The van der Waals surface area contributed by atoms with Gasteiger partial charge in [0.15, 0.2) is 5.58 Å². The Hall–Kier alpha value is -7.11. The predicted molar refractivity (Wildman–Crippen MR) is 215 cm³/mol. The standard InChI is InChI=1S/C47H28N4O/c1-2-11-29(12-3-1)49-41-22-21-30(25-36(41)33-23-24-48-28-45(33)49)50-39-17-7-4-13-31(39)37-27-44-38(26-43(37)50)32-14-5-8-18-40(32)51(44)42-19-10-16-35-34-15-6-9-20-46(34)52-47(35)42/h1-28H. The molecule has 0 bridgehead atoms.